The molecule has 0 bridgehead atoms. The third-order valence-electron chi connectivity index (χ3n) is 4.08. The third-order valence-corrected chi connectivity index (χ3v) is 4.08. The van der Waals surface area contributed by atoms with Gasteiger partial charge in [-0.15, -0.1) is 0 Å². The summed E-state index contributed by atoms with van der Waals surface area (Å²) in [5.74, 6) is -0.585. The Morgan fingerprint density at radius 1 is 1.38 bits per heavy atom. The standard InChI is InChI=1S/C15H21N3O3/c1-3-13-12(9-11(2)16-17-13)14(19)18-6-4-5-15(10-18)20-7-8-21-15/h9H,3-8,10H2,1-2H3. The Hall–Kier alpha value is -1.53. The number of aryl methyl sites for hydroxylation is 2. The Balaban J connectivity index is 1.83. The molecule has 2 aliphatic heterocycles. The minimum Gasteiger partial charge on any atom is -0.346 e. The van der Waals surface area contributed by atoms with Gasteiger partial charge in [0, 0.05) is 13.0 Å². The van der Waals surface area contributed by atoms with Crippen molar-refractivity contribution in [1.82, 2.24) is 15.1 Å². The van der Waals surface area contributed by atoms with E-state index >= 15 is 0 Å². The van der Waals surface area contributed by atoms with Gasteiger partial charge in [0.05, 0.1) is 36.7 Å². The van der Waals surface area contributed by atoms with Gasteiger partial charge < -0.3 is 14.4 Å². The molecule has 2 fully saturated rings. The van der Waals surface area contributed by atoms with Crippen LogP contribution in [0.5, 0.6) is 0 Å². The molecule has 0 aromatic carbocycles. The van der Waals surface area contributed by atoms with Crippen molar-refractivity contribution in [3.05, 3.63) is 23.0 Å². The van der Waals surface area contributed by atoms with Gasteiger partial charge in [0.2, 0.25) is 0 Å². The van der Waals surface area contributed by atoms with Crippen molar-refractivity contribution in [2.24, 2.45) is 0 Å². The van der Waals surface area contributed by atoms with E-state index in [1.54, 1.807) is 0 Å². The summed E-state index contributed by atoms with van der Waals surface area (Å²) in [7, 11) is 0. The molecular weight excluding hydrogens is 270 g/mol. The average molecular weight is 291 g/mol. The second-order valence-corrected chi connectivity index (χ2v) is 5.64. The van der Waals surface area contributed by atoms with E-state index in [9.17, 15) is 4.79 Å². The first-order valence-electron chi connectivity index (χ1n) is 7.54. The lowest BCUT2D eigenvalue weighted by Gasteiger charge is -2.38. The SMILES string of the molecule is CCc1nnc(C)cc1C(=O)N1CCCC2(C1)OCCO2. The molecule has 3 rings (SSSR count). The topological polar surface area (TPSA) is 64.6 Å². The first kappa shape index (κ1) is 14.4. The maximum absolute atomic E-state index is 12.8. The van der Waals surface area contributed by atoms with Crippen molar-refractivity contribution in [2.45, 2.75) is 38.9 Å². The Morgan fingerprint density at radius 2 is 2.14 bits per heavy atom. The van der Waals surface area contributed by atoms with E-state index in [4.69, 9.17) is 9.47 Å². The number of aromatic nitrogens is 2. The van der Waals surface area contributed by atoms with Crippen LogP contribution in [0.15, 0.2) is 6.07 Å². The molecule has 2 saturated heterocycles. The van der Waals surface area contributed by atoms with Crippen LogP contribution in [-0.4, -0.2) is 53.1 Å². The van der Waals surface area contributed by atoms with Gasteiger partial charge >= 0.3 is 0 Å². The number of rotatable bonds is 2. The highest BCUT2D eigenvalue weighted by Gasteiger charge is 2.42. The van der Waals surface area contributed by atoms with E-state index in [0.29, 0.717) is 31.7 Å². The van der Waals surface area contributed by atoms with Gasteiger partial charge in [-0.25, -0.2) is 0 Å². The zero-order valence-corrected chi connectivity index (χ0v) is 12.6. The van der Waals surface area contributed by atoms with Crippen LogP contribution in [-0.2, 0) is 15.9 Å². The summed E-state index contributed by atoms with van der Waals surface area (Å²) in [4.78, 5) is 14.6. The van der Waals surface area contributed by atoms with Gasteiger partial charge in [-0.3, -0.25) is 4.79 Å². The number of amides is 1. The van der Waals surface area contributed by atoms with E-state index in [0.717, 1.165) is 30.8 Å². The van der Waals surface area contributed by atoms with Gasteiger partial charge in [-0.2, -0.15) is 10.2 Å². The molecule has 0 unspecified atom stereocenters. The van der Waals surface area contributed by atoms with E-state index in [2.05, 4.69) is 10.2 Å². The van der Waals surface area contributed by atoms with Crippen molar-refractivity contribution < 1.29 is 14.3 Å². The molecule has 0 saturated carbocycles. The molecule has 0 N–H and O–H groups in total. The molecule has 0 radical (unpaired) electrons. The largest absolute Gasteiger partial charge is 0.346 e. The monoisotopic (exact) mass is 291 g/mol. The first-order valence-corrected chi connectivity index (χ1v) is 7.54. The highest BCUT2D eigenvalue weighted by atomic mass is 16.7. The fourth-order valence-corrected chi connectivity index (χ4v) is 3.02. The molecule has 1 amide bonds. The zero-order valence-electron chi connectivity index (χ0n) is 12.6. The first-order chi connectivity index (χ1) is 10.1. The van der Waals surface area contributed by atoms with Crippen LogP contribution in [0.2, 0.25) is 0 Å². The molecule has 1 aromatic heterocycles. The maximum atomic E-state index is 12.8. The minimum absolute atomic E-state index is 0.00280. The van der Waals surface area contributed by atoms with Crippen LogP contribution < -0.4 is 0 Å². The molecule has 6 nitrogen and oxygen atoms in total. The summed E-state index contributed by atoms with van der Waals surface area (Å²) in [6, 6.07) is 1.83. The minimum atomic E-state index is -0.588. The van der Waals surface area contributed by atoms with Crippen LogP contribution >= 0.6 is 0 Å². The lowest BCUT2D eigenvalue weighted by Crippen LogP contribution is -2.51. The lowest BCUT2D eigenvalue weighted by molar-refractivity contribution is -0.183. The summed E-state index contributed by atoms with van der Waals surface area (Å²) in [5.41, 5.74) is 2.16. The van der Waals surface area contributed by atoms with Gasteiger partial charge in [-0.1, -0.05) is 6.92 Å². The van der Waals surface area contributed by atoms with Crippen molar-refractivity contribution in [3.63, 3.8) is 0 Å². The zero-order chi connectivity index (χ0) is 14.9. The molecule has 0 atom stereocenters. The number of carbonyl (C=O) groups is 1. The number of nitrogens with zero attached hydrogens (tertiary/aromatic N) is 3. The molecule has 21 heavy (non-hydrogen) atoms. The number of likely N-dealkylation sites (tertiary alicyclic amines) is 1. The van der Waals surface area contributed by atoms with Crippen LogP contribution in [0.25, 0.3) is 0 Å². The van der Waals surface area contributed by atoms with Crippen molar-refractivity contribution in [3.8, 4) is 0 Å². The van der Waals surface area contributed by atoms with Crippen molar-refractivity contribution in [2.75, 3.05) is 26.3 Å². The summed E-state index contributed by atoms with van der Waals surface area (Å²) in [5, 5.41) is 8.18. The Bertz CT molecular complexity index is 541. The predicted molar refractivity (Wildman–Crippen MR) is 75.9 cm³/mol. The Labute approximate surface area is 124 Å². The second kappa shape index (κ2) is 5.69. The van der Waals surface area contributed by atoms with Crippen LogP contribution in [0.3, 0.4) is 0 Å². The number of hydrogen-bond donors (Lipinski definition) is 0. The Kier molecular flexibility index (Phi) is 3.91. The normalized spacial score (nSPS) is 21.0. The Morgan fingerprint density at radius 3 is 2.86 bits per heavy atom. The fraction of sp³-hybridized carbons (Fsp3) is 0.667. The average Bonchev–Trinajstić information content (AvgIpc) is 2.94. The number of piperidine rings is 1. The molecule has 2 aliphatic rings. The molecule has 1 spiro atoms. The fourth-order valence-electron chi connectivity index (χ4n) is 3.02. The van der Waals surface area contributed by atoms with Crippen LogP contribution in [0.4, 0.5) is 0 Å². The molecule has 6 heteroatoms. The quantitative estimate of drug-likeness (QED) is 0.822. The van der Waals surface area contributed by atoms with E-state index in [-0.39, 0.29) is 5.91 Å². The maximum Gasteiger partial charge on any atom is 0.256 e. The van der Waals surface area contributed by atoms with Crippen LogP contribution in [0.1, 0.15) is 41.5 Å². The predicted octanol–water partition coefficient (Wildman–Crippen LogP) is 1.33. The van der Waals surface area contributed by atoms with E-state index in [1.165, 1.54) is 0 Å². The summed E-state index contributed by atoms with van der Waals surface area (Å²) >= 11 is 0. The highest BCUT2D eigenvalue weighted by molar-refractivity contribution is 5.95. The molecule has 1 aromatic rings. The molecule has 114 valence electrons. The van der Waals surface area contributed by atoms with Gasteiger partial charge in [0.25, 0.3) is 5.91 Å². The third kappa shape index (κ3) is 2.78. The molecule has 3 heterocycles. The van der Waals surface area contributed by atoms with Gasteiger partial charge in [0.1, 0.15) is 0 Å². The summed E-state index contributed by atoms with van der Waals surface area (Å²) in [6.07, 6.45) is 2.44. The van der Waals surface area contributed by atoms with Gasteiger partial charge in [-0.05, 0) is 25.8 Å². The molecule has 0 aliphatic carbocycles. The van der Waals surface area contributed by atoms with E-state index in [1.807, 2.05) is 24.8 Å². The second-order valence-electron chi connectivity index (χ2n) is 5.64. The van der Waals surface area contributed by atoms with Crippen LogP contribution in [0, 0.1) is 6.92 Å². The molecular formula is C15H21N3O3. The van der Waals surface area contributed by atoms with Gasteiger partial charge in [0.15, 0.2) is 5.79 Å². The van der Waals surface area contributed by atoms with Crippen molar-refractivity contribution in [1.29, 1.82) is 0 Å². The number of carbonyl (C=O) groups excluding carboxylic acids is 1. The summed E-state index contributed by atoms with van der Waals surface area (Å²) in [6.45, 7) is 6.28. The summed E-state index contributed by atoms with van der Waals surface area (Å²) < 4.78 is 11.5. The van der Waals surface area contributed by atoms with E-state index < -0.39 is 5.79 Å². The number of ether oxygens (including phenoxy) is 2. The van der Waals surface area contributed by atoms with Crippen molar-refractivity contribution >= 4 is 5.91 Å². The number of hydrogen-bond acceptors (Lipinski definition) is 5. The highest BCUT2D eigenvalue weighted by Crippen LogP contribution is 2.30. The smallest absolute Gasteiger partial charge is 0.256 e. The lowest BCUT2D eigenvalue weighted by atomic mass is 10.0.